The molecule has 0 radical (unpaired) electrons. The summed E-state index contributed by atoms with van der Waals surface area (Å²) in [5.41, 5.74) is 5.82. The first-order chi connectivity index (χ1) is 8.68. The van der Waals surface area contributed by atoms with Gasteiger partial charge in [-0.3, -0.25) is 4.79 Å². The van der Waals surface area contributed by atoms with Crippen molar-refractivity contribution in [1.82, 2.24) is 4.90 Å². The molecule has 1 aliphatic heterocycles. The molecule has 0 aromatic rings. The van der Waals surface area contributed by atoms with E-state index < -0.39 is 15.6 Å². The van der Waals surface area contributed by atoms with Gasteiger partial charge in [0, 0.05) is 26.2 Å². The summed E-state index contributed by atoms with van der Waals surface area (Å²) in [5, 5.41) is 0. The molecule has 1 fully saturated rings. The second-order valence-electron chi connectivity index (χ2n) is 5.78. The van der Waals surface area contributed by atoms with Crippen LogP contribution in [-0.4, -0.2) is 63.6 Å². The molecule has 0 aliphatic carbocycles. The van der Waals surface area contributed by atoms with E-state index in [-0.39, 0.29) is 29.7 Å². The fraction of sp³-hybridized carbons (Fsp3) is 0.917. The van der Waals surface area contributed by atoms with E-state index in [2.05, 4.69) is 0 Å². The minimum absolute atomic E-state index is 0.0432. The van der Waals surface area contributed by atoms with E-state index >= 15 is 0 Å². The average molecular weight is 292 g/mol. The molecule has 1 rings (SSSR count). The Morgan fingerprint density at radius 2 is 2.11 bits per heavy atom. The van der Waals surface area contributed by atoms with Crippen LogP contribution < -0.4 is 5.73 Å². The number of methoxy groups -OCH3 is 1. The third-order valence-corrected chi connectivity index (χ3v) is 5.08. The van der Waals surface area contributed by atoms with Crippen molar-refractivity contribution in [3.63, 3.8) is 0 Å². The van der Waals surface area contributed by atoms with Crippen LogP contribution in [0.5, 0.6) is 0 Å². The highest BCUT2D eigenvalue weighted by Crippen LogP contribution is 2.27. The highest BCUT2D eigenvalue weighted by molar-refractivity contribution is 7.92. The molecule has 0 spiro atoms. The second kappa shape index (κ2) is 6.19. The third-order valence-electron chi connectivity index (χ3n) is 3.61. The SMILES string of the molecule is COCCS(=O)(=O)CC(=O)N1CCC(N)C(C)(C)C1. The number of carbonyl (C=O) groups excluding carboxylic acids is 1. The summed E-state index contributed by atoms with van der Waals surface area (Å²) in [7, 11) is -1.95. The molecule has 1 amide bonds. The lowest BCUT2D eigenvalue weighted by atomic mass is 9.80. The third kappa shape index (κ3) is 4.74. The molecule has 0 saturated carbocycles. The number of nitrogens with zero attached hydrogens (tertiary/aromatic N) is 1. The summed E-state index contributed by atoms with van der Waals surface area (Å²) in [6.45, 7) is 5.15. The van der Waals surface area contributed by atoms with Crippen LogP contribution in [0.3, 0.4) is 0 Å². The minimum Gasteiger partial charge on any atom is -0.384 e. The van der Waals surface area contributed by atoms with Crippen molar-refractivity contribution >= 4 is 15.7 Å². The van der Waals surface area contributed by atoms with Crippen molar-refractivity contribution in [2.24, 2.45) is 11.1 Å². The normalized spacial score (nSPS) is 23.4. The summed E-state index contributed by atoms with van der Waals surface area (Å²) < 4.78 is 28.2. The lowest BCUT2D eigenvalue weighted by molar-refractivity contribution is -0.131. The molecule has 7 heteroatoms. The molecular formula is C12H24N2O4S. The first-order valence-corrected chi connectivity index (χ1v) is 8.23. The van der Waals surface area contributed by atoms with Gasteiger partial charge in [0.25, 0.3) is 0 Å². The molecule has 1 aliphatic rings. The first-order valence-electron chi connectivity index (χ1n) is 6.41. The van der Waals surface area contributed by atoms with Crippen molar-refractivity contribution in [3.8, 4) is 0 Å². The Hall–Kier alpha value is -0.660. The topological polar surface area (TPSA) is 89.7 Å². The highest BCUT2D eigenvalue weighted by Gasteiger charge is 2.36. The fourth-order valence-electron chi connectivity index (χ4n) is 2.15. The quantitative estimate of drug-likeness (QED) is 0.747. The van der Waals surface area contributed by atoms with E-state index in [1.54, 1.807) is 4.90 Å². The molecule has 1 heterocycles. The van der Waals surface area contributed by atoms with E-state index in [0.29, 0.717) is 19.5 Å². The van der Waals surface area contributed by atoms with Crippen molar-refractivity contribution in [1.29, 1.82) is 0 Å². The monoisotopic (exact) mass is 292 g/mol. The second-order valence-corrected chi connectivity index (χ2v) is 7.97. The van der Waals surface area contributed by atoms with Crippen LogP contribution in [0.1, 0.15) is 20.3 Å². The van der Waals surface area contributed by atoms with Crippen LogP contribution in [0.2, 0.25) is 0 Å². The van der Waals surface area contributed by atoms with Gasteiger partial charge >= 0.3 is 0 Å². The lowest BCUT2D eigenvalue weighted by Crippen LogP contribution is -2.54. The molecule has 0 bridgehead atoms. The Labute approximate surface area is 115 Å². The van der Waals surface area contributed by atoms with Crippen molar-refractivity contribution in [2.75, 3.05) is 38.3 Å². The van der Waals surface area contributed by atoms with Crippen molar-refractivity contribution in [3.05, 3.63) is 0 Å². The van der Waals surface area contributed by atoms with E-state index in [9.17, 15) is 13.2 Å². The fourth-order valence-corrected chi connectivity index (χ4v) is 3.27. The summed E-state index contributed by atoms with van der Waals surface area (Å²) in [4.78, 5) is 13.6. The predicted molar refractivity (Wildman–Crippen MR) is 73.5 cm³/mol. The Bertz CT molecular complexity index is 419. The van der Waals surface area contributed by atoms with Gasteiger partial charge in [0.15, 0.2) is 9.84 Å². The van der Waals surface area contributed by atoms with Gasteiger partial charge in [0.05, 0.1) is 12.4 Å². The average Bonchev–Trinajstić information content (AvgIpc) is 2.29. The molecule has 2 N–H and O–H groups in total. The number of likely N-dealkylation sites (tertiary alicyclic amines) is 1. The number of amides is 1. The van der Waals surface area contributed by atoms with Crippen molar-refractivity contribution < 1.29 is 17.9 Å². The number of sulfone groups is 1. The minimum atomic E-state index is -3.39. The number of rotatable bonds is 5. The van der Waals surface area contributed by atoms with Gasteiger partial charge in [-0.2, -0.15) is 0 Å². The lowest BCUT2D eigenvalue weighted by Gasteiger charge is -2.42. The number of ether oxygens (including phenoxy) is 1. The number of carbonyl (C=O) groups is 1. The molecule has 1 unspecified atom stereocenters. The Balaban J connectivity index is 2.60. The zero-order valence-electron chi connectivity index (χ0n) is 11.9. The van der Waals surface area contributed by atoms with Gasteiger partial charge in [0.1, 0.15) is 5.75 Å². The predicted octanol–water partition coefficient (Wildman–Crippen LogP) is -0.367. The largest absolute Gasteiger partial charge is 0.384 e. The Kier molecular flexibility index (Phi) is 5.34. The number of piperidine rings is 1. The first kappa shape index (κ1) is 16.4. The standard InChI is InChI=1S/C12H24N2O4S/c1-12(2)9-14(5-4-10(12)13)11(15)8-19(16,17)7-6-18-3/h10H,4-9,13H2,1-3H3. The van der Waals surface area contributed by atoms with Gasteiger partial charge in [0.2, 0.25) is 5.91 Å². The van der Waals surface area contributed by atoms with Gasteiger partial charge < -0.3 is 15.4 Å². The van der Waals surface area contributed by atoms with E-state index in [0.717, 1.165) is 0 Å². The maximum atomic E-state index is 12.0. The van der Waals surface area contributed by atoms with E-state index in [1.807, 2.05) is 13.8 Å². The van der Waals surface area contributed by atoms with E-state index in [1.165, 1.54) is 7.11 Å². The number of hydrogen-bond acceptors (Lipinski definition) is 5. The molecule has 0 aromatic heterocycles. The van der Waals surface area contributed by atoms with Crippen LogP contribution in [0.25, 0.3) is 0 Å². The van der Waals surface area contributed by atoms with E-state index in [4.69, 9.17) is 10.5 Å². The maximum Gasteiger partial charge on any atom is 0.237 e. The summed E-state index contributed by atoms with van der Waals surface area (Å²) in [6.07, 6.45) is 0.705. The van der Waals surface area contributed by atoms with Crippen LogP contribution in [0.15, 0.2) is 0 Å². The molecule has 6 nitrogen and oxygen atoms in total. The van der Waals surface area contributed by atoms with Crippen LogP contribution in [-0.2, 0) is 19.4 Å². The summed E-state index contributed by atoms with van der Waals surface area (Å²) in [6, 6.07) is 0.0432. The number of nitrogens with two attached hydrogens (primary N) is 1. The molecule has 112 valence electrons. The van der Waals surface area contributed by atoms with Gasteiger partial charge in [-0.1, -0.05) is 13.8 Å². The van der Waals surface area contributed by atoms with Gasteiger partial charge in [-0.05, 0) is 11.8 Å². The van der Waals surface area contributed by atoms with Crippen LogP contribution >= 0.6 is 0 Å². The zero-order valence-corrected chi connectivity index (χ0v) is 12.7. The van der Waals surface area contributed by atoms with Gasteiger partial charge in [-0.15, -0.1) is 0 Å². The summed E-state index contributed by atoms with van der Waals surface area (Å²) >= 11 is 0. The molecule has 0 aromatic carbocycles. The van der Waals surface area contributed by atoms with Crippen molar-refractivity contribution in [2.45, 2.75) is 26.3 Å². The summed E-state index contributed by atoms with van der Waals surface area (Å²) in [5.74, 6) is -0.899. The highest BCUT2D eigenvalue weighted by atomic mass is 32.2. The zero-order chi connectivity index (χ0) is 14.7. The Morgan fingerprint density at radius 3 is 2.63 bits per heavy atom. The smallest absolute Gasteiger partial charge is 0.237 e. The molecular weight excluding hydrogens is 268 g/mol. The number of hydrogen-bond donors (Lipinski definition) is 1. The molecule has 1 saturated heterocycles. The van der Waals surface area contributed by atoms with Crippen LogP contribution in [0.4, 0.5) is 0 Å². The van der Waals surface area contributed by atoms with Gasteiger partial charge in [-0.25, -0.2) is 8.42 Å². The molecule has 19 heavy (non-hydrogen) atoms. The Morgan fingerprint density at radius 1 is 1.47 bits per heavy atom. The van der Waals surface area contributed by atoms with Crippen LogP contribution in [0, 0.1) is 5.41 Å². The maximum absolute atomic E-state index is 12.0. The molecule has 1 atom stereocenters.